The second kappa shape index (κ2) is 7.56. The van der Waals surface area contributed by atoms with Gasteiger partial charge in [-0.1, -0.05) is 12.1 Å². The first-order valence-electron chi connectivity index (χ1n) is 9.76. The number of ether oxygens (including phenoxy) is 1. The Bertz CT molecular complexity index is 1230. The fourth-order valence-electron chi connectivity index (χ4n) is 3.86. The lowest BCUT2D eigenvalue weighted by Crippen LogP contribution is -2.39. The van der Waals surface area contributed by atoms with Crippen LogP contribution in [-0.2, 0) is 31.6 Å². The van der Waals surface area contributed by atoms with Crippen LogP contribution in [0.4, 0.5) is 19.1 Å². The van der Waals surface area contributed by atoms with E-state index in [0.29, 0.717) is 18.1 Å². The van der Waals surface area contributed by atoms with Gasteiger partial charge in [0.1, 0.15) is 6.23 Å². The van der Waals surface area contributed by atoms with Crippen LogP contribution in [0.5, 0.6) is 0 Å². The topological polar surface area (TPSA) is 74.3 Å². The van der Waals surface area contributed by atoms with E-state index in [1.807, 2.05) is 11.9 Å². The summed E-state index contributed by atoms with van der Waals surface area (Å²) in [4.78, 5) is 32.3. The number of hydrogen-bond donors (Lipinski definition) is 0. The summed E-state index contributed by atoms with van der Waals surface area (Å²) in [7, 11) is 5.01. The number of halogens is 3. The molecule has 1 aliphatic heterocycles. The summed E-state index contributed by atoms with van der Waals surface area (Å²) < 4.78 is 48.0. The highest BCUT2D eigenvalue weighted by molar-refractivity contribution is 5.74. The first-order chi connectivity index (χ1) is 14.6. The quantitative estimate of drug-likeness (QED) is 0.625. The molecule has 31 heavy (non-hydrogen) atoms. The normalized spacial score (nSPS) is 16.9. The summed E-state index contributed by atoms with van der Waals surface area (Å²) in [5.41, 5.74) is -1.07. The minimum absolute atomic E-state index is 0.151. The molecule has 1 saturated heterocycles. The molecule has 2 aromatic heterocycles. The Morgan fingerprint density at radius 3 is 2.42 bits per heavy atom. The van der Waals surface area contributed by atoms with Crippen LogP contribution in [0.15, 0.2) is 33.9 Å². The lowest BCUT2D eigenvalue weighted by molar-refractivity contribution is -0.137. The maximum atomic E-state index is 13.2. The smallest absolute Gasteiger partial charge is 0.358 e. The number of anilines is 1. The largest absolute Gasteiger partial charge is 0.416 e. The second-order valence-electron chi connectivity index (χ2n) is 7.65. The van der Waals surface area contributed by atoms with E-state index in [4.69, 9.17) is 4.74 Å². The highest BCUT2D eigenvalue weighted by atomic mass is 19.4. The van der Waals surface area contributed by atoms with Gasteiger partial charge in [-0.3, -0.25) is 13.9 Å². The van der Waals surface area contributed by atoms with Crippen molar-refractivity contribution in [2.45, 2.75) is 31.8 Å². The number of fused-ring (bicyclic) bond motifs is 1. The fourth-order valence-corrected chi connectivity index (χ4v) is 3.86. The van der Waals surface area contributed by atoms with Gasteiger partial charge in [0, 0.05) is 27.7 Å². The molecule has 1 fully saturated rings. The molecule has 4 rings (SSSR count). The second-order valence-corrected chi connectivity index (χ2v) is 7.65. The molecule has 11 heteroatoms. The van der Waals surface area contributed by atoms with Gasteiger partial charge in [-0.2, -0.15) is 18.2 Å². The molecule has 0 amide bonds. The highest BCUT2D eigenvalue weighted by Gasteiger charge is 2.30. The number of alkyl halides is 3. The third-order valence-electron chi connectivity index (χ3n) is 5.61. The maximum Gasteiger partial charge on any atom is 0.416 e. The number of imidazole rings is 1. The summed E-state index contributed by atoms with van der Waals surface area (Å²) in [6.45, 7) is 0.499. The Morgan fingerprint density at radius 1 is 1.16 bits per heavy atom. The van der Waals surface area contributed by atoms with Crippen LogP contribution in [0.1, 0.15) is 24.0 Å². The van der Waals surface area contributed by atoms with Crippen molar-refractivity contribution in [3.8, 4) is 0 Å². The summed E-state index contributed by atoms with van der Waals surface area (Å²) in [6.07, 6.45) is -2.86. The van der Waals surface area contributed by atoms with E-state index >= 15 is 0 Å². The molecule has 1 atom stereocenters. The van der Waals surface area contributed by atoms with Gasteiger partial charge < -0.3 is 14.2 Å². The van der Waals surface area contributed by atoms with Gasteiger partial charge in [0.2, 0.25) is 5.95 Å². The van der Waals surface area contributed by atoms with Crippen LogP contribution in [0.2, 0.25) is 0 Å². The number of aromatic nitrogens is 4. The van der Waals surface area contributed by atoms with Crippen LogP contribution in [0, 0.1) is 0 Å². The summed E-state index contributed by atoms with van der Waals surface area (Å²) in [6, 6.07) is 4.39. The molecular weight excluding hydrogens is 415 g/mol. The lowest BCUT2D eigenvalue weighted by Gasteiger charge is -2.24. The van der Waals surface area contributed by atoms with Crippen LogP contribution in [0.25, 0.3) is 11.2 Å². The van der Waals surface area contributed by atoms with Crippen LogP contribution < -0.4 is 16.1 Å². The number of nitrogens with zero attached hydrogens (tertiary/aromatic N) is 5. The minimum atomic E-state index is -4.45. The van der Waals surface area contributed by atoms with E-state index in [2.05, 4.69) is 4.98 Å². The Labute approximate surface area is 175 Å². The average molecular weight is 437 g/mol. The molecule has 3 aromatic rings. The van der Waals surface area contributed by atoms with E-state index in [0.717, 1.165) is 29.5 Å². The van der Waals surface area contributed by atoms with Gasteiger partial charge in [0.15, 0.2) is 11.2 Å². The van der Waals surface area contributed by atoms with E-state index in [9.17, 15) is 22.8 Å². The molecule has 1 aromatic carbocycles. The van der Waals surface area contributed by atoms with Crippen molar-refractivity contribution in [3.63, 3.8) is 0 Å². The zero-order valence-electron chi connectivity index (χ0n) is 17.3. The molecule has 1 aliphatic rings. The van der Waals surface area contributed by atoms with Crippen molar-refractivity contribution >= 4 is 17.1 Å². The van der Waals surface area contributed by atoms with Crippen molar-refractivity contribution in [1.29, 1.82) is 0 Å². The number of rotatable bonds is 4. The molecule has 0 saturated carbocycles. The van der Waals surface area contributed by atoms with Gasteiger partial charge >= 0.3 is 11.9 Å². The molecule has 0 unspecified atom stereocenters. The zero-order valence-corrected chi connectivity index (χ0v) is 17.3. The number of hydrogen-bond acceptors (Lipinski definition) is 5. The molecule has 0 N–H and O–H groups in total. The van der Waals surface area contributed by atoms with E-state index in [1.54, 1.807) is 11.6 Å². The van der Waals surface area contributed by atoms with Crippen LogP contribution in [-0.4, -0.2) is 38.6 Å². The van der Waals surface area contributed by atoms with E-state index in [-0.39, 0.29) is 23.9 Å². The van der Waals surface area contributed by atoms with Gasteiger partial charge in [0.25, 0.3) is 5.56 Å². The van der Waals surface area contributed by atoms with Gasteiger partial charge in [-0.05, 0) is 30.5 Å². The van der Waals surface area contributed by atoms with Crippen molar-refractivity contribution < 1.29 is 17.9 Å². The standard InChI is InChI=1S/C20H22F3N5O3/c1-25(14-5-4-10-31-14)18-24-16-15(26(18)2)17(29)28(19(30)27(16)3)11-12-6-8-13(9-7-12)20(21,22)23/h6-9,14H,4-5,10-11H2,1-3H3/t14-/m0/s1. The minimum Gasteiger partial charge on any atom is -0.358 e. The lowest BCUT2D eigenvalue weighted by atomic mass is 10.1. The Morgan fingerprint density at radius 2 is 1.84 bits per heavy atom. The first-order valence-corrected chi connectivity index (χ1v) is 9.76. The molecule has 8 nitrogen and oxygen atoms in total. The van der Waals surface area contributed by atoms with E-state index in [1.165, 1.54) is 23.7 Å². The van der Waals surface area contributed by atoms with Gasteiger partial charge in [-0.25, -0.2) is 4.79 Å². The molecule has 166 valence electrons. The zero-order chi connectivity index (χ0) is 22.5. The maximum absolute atomic E-state index is 13.2. The Hall–Kier alpha value is -3.08. The van der Waals surface area contributed by atoms with Crippen LogP contribution >= 0.6 is 0 Å². The van der Waals surface area contributed by atoms with Crippen molar-refractivity contribution in [3.05, 3.63) is 56.2 Å². The Balaban J connectivity index is 1.77. The molecule has 0 aliphatic carbocycles. The van der Waals surface area contributed by atoms with Gasteiger partial charge in [-0.15, -0.1) is 0 Å². The third-order valence-corrected chi connectivity index (χ3v) is 5.61. The average Bonchev–Trinajstić information content (AvgIpc) is 3.37. The predicted octanol–water partition coefficient (Wildman–Crippen LogP) is 2.07. The van der Waals surface area contributed by atoms with Crippen LogP contribution in [0.3, 0.4) is 0 Å². The number of benzene rings is 1. The summed E-state index contributed by atoms with van der Waals surface area (Å²) in [5, 5.41) is 0. The highest BCUT2D eigenvalue weighted by Crippen LogP contribution is 2.29. The molecule has 0 radical (unpaired) electrons. The third kappa shape index (κ3) is 3.62. The van der Waals surface area contributed by atoms with Crippen molar-refractivity contribution in [1.82, 2.24) is 18.7 Å². The number of aryl methyl sites for hydroxylation is 2. The van der Waals surface area contributed by atoms with E-state index < -0.39 is 23.0 Å². The Kier molecular flexibility index (Phi) is 5.16. The molecular formula is C20H22F3N5O3. The monoisotopic (exact) mass is 437 g/mol. The van der Waals surface area contributed by atoms with Crippen molar-refractivity contribution in [2.24, 2.45) is 14.1 Å². The SMILES string of the molecule is CN(c1nc2c(c(=O)n(Cc3ccc(C(F)(F)F)cc3)c(=O)n2C)n1C)[C@@H]1CCCO1. The van der Waals surface area contributed by atoms with Crippen molar-refractivity contribution in [2.75, 3.05) is 18.6 Å². The fraction of sp³-hybridized carbons (Fsp3) is 0.450. The molecule has 3 heterocycles. The molecule has 0 spiro atoms. The van der Waals surface area contributed by atoms with Gasteiger partial charge in [0.05, 0.1) is 12.1 Å². The summed E-state index contributed by atoms with van der Waals surface area (Å²) >= 11 is 0. The summed E-state index contributed by atoms with van der Waals surface area (Å²) in [5.74, 6) is 0.487. The molecule has 0 bridgehead atoms. The predicted molar refractivity (Wildman–Crippen MR) is 108 cm³/mol. The first kappa shape index (κ1) is 21.2.